The standard InChI is InChI=1S/C17H21NS/c1-12-5-8-17(11-13(12)2)19-16-9-6-15(7-10-16)14(3)18-4/h5-11,14,18H,1-4H3. The maximum Gasteiger partial charge on any atom is 0.0289 e. The maximum atomic E-state index is 3.26. The molecule has 0 heterocycles. The second-order valence-electron chi connectivity index (χ2n) is 4.93. The highest BCUT2D eigenvalue weighted by Gasteiger charge is 2.03. The lowest BCUT2D eigenvalue weighted by Gasteiger charge is -2.11. The maximum absolute atomic E-state index is 3.26. The van der Waals surface area contributed by atoms with Crippen LogP contribution in [0.1, 0.15) is 29.7 Å². The molecule has 0 aliphatic heterocycles. The molecule has 100 valence electrons. The van der Waals surface area contributed by atoms with Crippen molar-refractivity contribution in [1.29, 1.82) is 0 Å². The number of hydrogen-bond acceptors (Lipinski definition) is 2. The van der Waals surface area contributed by atoms with Crippen molar-refractivity contribution in [3.63, 3.8) is 0 Å². The average molecular weight is 271 g/mol. The van der Waals surface area contributed by atoms with Crippen molar-refractivity contribution in [2.45, 2.75) is 36.6 Å². The Hall–Kier alpha value is -1.25. The number of aryl methyl sites for hydroxylation is 2. The Balaban J connectivity index is 2.12. The molecule has 0 bridgehead atoms. The summed E-state index contributed by atoms with van der Waals surface area (Å²) in [5.41, 5.74) is 4.03. The Morgan fingerprint density at radius 3 is 2.11 bits per heavy atom. The molecule has 2 aromatic rings. The average Bonchev–Trinajstić information content (AvgIpc) is 2.43. The Morgan fingerprint density at radius 2 is 1.53 bits per heavy atom. The fourth-order valence-corrected chi connectivity index (χ4v) is 2.82. The Labute approximate surface area is 120 Å². The first-order valence-corrected chi connectivity index (χ1v) is 7.44. The molecule has 1 atom stereocenters. The molecule has 0 aromatic heterocycles. The van der Waals surface area contributed by atoms with Gasteiger partial charge in [-0.3, -0.25) is 0 Å². The number of benzene rings is 2. The van der Waals surface area contributed by atoms with E-state index in [2.05, 4.69) is 68.6 Å². The predicted molar refractivity (Wildman–Crippen MR) is 84.0 cm³/mol. The molecule has 0 saturated heterocycles. The van der Waals surface area contributed by atoms with Crippen LogP contribution in [0.3, 0.4) is 0 Å². The summed E-state index contributed by atoms with van der Waals surface area (Å²) >= 11 is 1.82. The molecule has 1 unspecified atom stereocenters. The van der Waals surface area contributed by atoms with Crippen molar-refractivity contribution in [3.8, 4) is 0 Å². The third kappa shape index (κ3) is 3.62. The van der Waals surface area contributed by atoms with Gasteiger partial charge in [0.2, 0.25) is 0 Å². The van der Waals surface area contributed by atoms with Gasteiger partial charge in [-0.05, 0) is 68.8 Å². The van der Waals surface area contributed by atoms with E-state index >= 15 is 0 Å². The topological polar surface area (TPSA) is 12.0 Å². The van der Waals surface area contributed by atoms with E-state index < -0.39 is 0 Å². The van der Waals surface area contributed by atoms with Gasteiger partial charge in [-0.15, -0.1) is 0 Å². The smallest absolute Gasteiger partial charge is 0.0289 e. The summed E-state index contributed by atoms with van der Waals surface area (Å²) < 4.78 is 0. The van der Waals surface area contributed by atoms with Crippen molar-refractivity contribution in [2.75, 3.05) is 7.05 Å². The zero-order valence-electron chi connectivity index (χ0n) is 12.0. The quantitative estimate of drug-likeness (QED) is 0.862. The molecule has 1 nitrogen and oxygen atoms in total. The molecule has 19 heavy (non-hydrogen) atoms. The zero-order chi connectivity index (χ0) is 13.8. The fraction of sp³-hybridized carbons (Fsp3) is 0.294. The molecule has 2 rings (SSSR count). The Kier molecular flexibility index (Phi) is 4.67. The second kappa shape index (κ2) is 6.27. The lowest BCUT2D eigenvalue weighted by Crippen LogP contribution is -2.11. The van der Waals surface area contributed by atoms with Crippen molar-refractivity contribution in [2.24, 2.45) is 0 Å². The first-order chi connectivity index (χ1) is 9.10. The van der Waals surface area contributed by atoms with E-state index in [4.69, 9.17) is 0 Å². The first-order valence-electron chi connectivity index (χ1n) is 6.62. The molecule has 2 heteroatoms. The van der Waals surface area contributed by atoms with Gasteiger partial charge in [0.1, 0.15) is 0 Å². The summed E-state index contributed by atoms with van der Waals surface area (Å²) in [6.45, 7) is 6.49. The van der Waals surface area contributed by atoms with Crippen LogP contribution in [0.2, 0.25) is 0 Å². The van der Waals surface area contributed by atoms with Gasteiger partial charge in [-0.1, -0.05) is 30.0 Å². The summed E-state index contributed by atoms with van der Waals surface area (Å²) in [5.74, 6) is 0. The van der Waals surface area contributed by atoms with Gasteiger partial charge < -0.3 is 5.32 Å². The third-order valence-corrected chi connectivity index (χ3v) is 4.52. The third-order valence-electron chi connectivity index (χ3n) is 3.53. The minimum Gasteiger partial charge on any atom is -0.313 e. The van der Waals surface area contributed by atoms with Crippen LogP contribution in [-0.4, -0.2) is 7.05 Å². The minimum absolute atomic E-state index is 0.403. The van der Waals surface area contributed by atoms with E-state index in [1.807, 2.05) is 18.8 Å². The van der Waals surface area contributed by atoms with Crippen LogP contribution < -0.4 is 5.32 Å². The lowest BCUT2D eigenvalue weighted by molar-refractivity contribution is 0.652. The normalized spacial score (nSPS) is 12.4. The zero-order valence-corrected chi connectivity index (χ0v) is 12.8. The number of hydrogen-bond donors (Lipinski definition) is 1. The van der Waals surface area contributed by atoms with Crippen molar-refractivity contribution in [1.82, 2.24) is 5.32 Å². The molecular weight excluding hydrogens is 250 g/mol. The van der Waals surface area contributed by atoms with Crippen LogP contribution in [-0.2, 0) is 0 Å². The van der Waals surface area contributed by atoms with E-state index in [0.29, 0.717) is 6.04 Å². The Bertz CT molecular complexity index is 546. The van der Waals surface area contributed by atoms with Gasteiger partial charge >= 0.3 is 0 Å². The highest BCUT2D eigenvalue weighted by atomic mass is 32.2. The fourth-order valence-electron chi connectivity index (χ4n) is 1.90. The van der Waals surface area contributed by atoms with Crippen LogP contribution in [0.25, 0.3) is 0 Å². The molecule has 0 spiro atoms. The van der Waals surface area contributed by atoms with Crippen LogP contribution >= 0.6 is 11.8 Å². The lowest BCUT2D eigenvalue weighted by atomic mass is 10.1. The summed E-state index contributed by atoms with van der Waals surface area (Å²) in [7, 11) is 1.99. The molecule has 1 N–H and O–H groups in total. The molecule has 0 aliphatic rings. The monoisotopic (exact) mass is 271 g/mol. The van der Waals surface area contributed by atoms with Crippen LogP contribution in [0.5, 0.6) is 0 Å². The van der Waals surface area contributed by atoms with Gasteiger partial charge in [-0.25, -0.2) is 0 Å². The molecule has 0 aliphatic carbocycles. The van der Waals surface area contributed by atoms with Crippen molar-refractivity contribution >= 4 is 11.8 Å². The highest BCUT2D eigenvalue weighted by Crippen LogP contribution is 2.29. The first kappa shape index (κ1) is 14.2. The van der Waals surface area contributed by atoms with E-state index in [1.165, 1.54) is 26.5 Å². The van der Waals surface area contributed by atoms with Gasteiger partial charge in [0, 0.05) is 15.8 Å². The molecular formula is C17H21NS. The summed E-state index contributed by atoms with van der Waals surface area (Å²) in [6.07, 6.45) is 0. The molecule has 0 saturated carbocycles. The molecule has 0 radical (unpaired) electrons. The summed E-state index contributed by atoms with van der Waals surface area (Å²) in [6, 6.07) is 15.8. The summed E-state index contributed by atoms with van der Waals surface area (Å²) in [4.78, 5) is 2.59. The second-order valence-corrected chi connectivity index (χ2v) is 6.07. The van der Waals surface area contributed by atoms with Crippen molar-refractivity contribution in [3.05, 3.63) is 59.2 Å². The van der Waals surface area contributed by atoms with Gasteiger partial charge in [0.25, 0.3) is 0 Å². The van der Waals surface area contributed by atoms with Crippen LogP contribution in [0.15, 0.2) is 52.3 Å². The van der Waals surface area contributed by atoms with Gasteiger partial charge in [-0.2, -0.15) is 0 Å². The Morgan fingerprint density at radius 1 is 0.895 bits per heavy atom. The SMILES string of the molecule is CNC(C)c1ccc(Sc2ccc(C)c(C)c2)cc1. The number of nitrogens with one attached hydrogen (secondary N) is 1. The largest absolute Gasteiger partial charge is 0.313 e. The highest BCUT2D eigenvalue weighted by molar-refractivity contribution is 7.99. The van der Waals surface area contributed by atoms with E-state index in [-0.39, 0.29) is 0 Å². The molecule has 2 aromatic carbocycles. The van der Waals surface area contributed by atoms with E-state index in [1.54, 1.807) is 0 Å². The minimum atomic E-state index is 0.403. The van der Waals surface area contributed by atoms with Gasteiger partial charge in [0.15, 0.2) is 0 Å². The van der Waals surface area contributed by atoms with E-state index in [0.717, 1.165) is 0 Å². The molecule has 0 amide bonds. The van der Waals surface area contributed by atoms with Crippen LogP contribution in [0, 0.1) is 13.8 Å². The van der Waals surface area contributed by atoms with Crippen LogP contribution in [0.4, 0.5) is 0 Å². The van der Waals surface area contributed by atoms with E-state index in [9.17, 15) is 0 Å². The van der Waals surface area contributed by atoms with Crippen molar-refractivity contribution < 1.29 is 0 Å². The molecule has 0 fully saturated rings. The van der Waals surface area contributed by atoms with Gasteiger partial charge in [0.05, 0.1) is 0 Å². The number of rotatable bonds is 4. The predicted octanol–water partition coefficient (Wildman–Crippen LogP) is 4.74. The summed E-state index contributed by atoms with van der Waals surface area (Å²) in [5, 5.41) is 3.26.